The Hall–Kier alpha value is -3.02. The Morgan fingerprint density at radius 2 is 2.00 bits per heavy atom. The molecule has 2 heterocycles. The molecule has 0 fully saturated rings. The number of benzene rings is 1. The number of anilines is 1. The van der Waals surface area contributed by atoms with Gasteiger partial charge in [0, 0.05) is 24.2 Å². The lowest BCUT2D eigenvalue weighted by Gasteiger charge is -2.16. The Morgan fingerprint density at radius 3 is 2.64 bits per heavy atom. The monoisotopic (exact) mass is 419 g/mol. The fourth-order valence-corrected chi connectivity index (χ4v) is 4.25. The molecule has 4 N–H and O–H groups in total. The third kappa shape index (κ3) is 4.27. The van der Waals surface area contributed by atoms with E-state index in [9.17, 15) is 18.0 Å². The maximum atomic E-state index is 12.5. The number of thiazole rings is 1. The first kappa shape index (κ1) is 19.7. The van der Waals surface area contributed by atoms with Crippen LogP contribution in [0.4, 0.5) is 5.13 Å². The second-order valence-electron chi connectivity index (χ2n) is 5.83. The van der Waals surface area contributed by atoms with E-state index in [1.165, 1.54) is 30.5 Å². The summed E-state index contributed by atoms with van der Waals surface area (Å²) in [6.07, 6.45) is 1.58. The molecule has 9 nitrogen and oxygen atoms in total. The van der Waals surface area contributed by atoms with Gasteiger partial charge in [0.25, 0.3) is 5.91 Å². The number of carbonyl (C=O) groups is 2. The number of hydrogen-bond acceptors (Lipinski definition) is 6. The molecule has 0 saturated heterocycles. The highest BCUT2D eigenvalue weighted by Crippen LogP contribution is 2.25. The molecule has 28 heavy (non-hydrogen) atoms. The van der Waals surface area contributed by atoms with Crippen LogP contribution < -0.4 is 11.1 Å². The van der Waals surface area contributed by atoms with Crippen LogP contribution in [0, 0.1) is 0 Å². The normalized spacial score (nSPS) is 11.5. The molecule has 0 aliphatic carbocycles. The topological polar surface area (TPSA) is 138 Å². The summed E-state index contributed by atoms with van der Waals surface area (Å²) >= 11 is 1.18. The van der Waals surface area contributed by atoms with E-state index in [4.69, 9.17) is 5.73 Å². The van der Waals surface area contributed by atoms with Crippen LogP contribution in [-0.2, 0) is 14.8 Å². The molecule has 2 amide bonds. The molecule has 0 unspecified atom stereocenters. The lowest BCUT2D eigenvalue weighted by molar-refractivity contribution is -0.116. The van der Waals surface area contributed by atoms with Gasteiger partial charge >= 0.3 is 0 Å². The van der Waals surface area contributed by atoms with Gasteiger partial charge in [0.1, 0.15) is 5.69 Å². The molecule has 0 saturated carbocycles. The van der Waals surface area contributed by atoms with Crippen LogP contribution in [0.2, 0.25) is 0 Å². The maximum Gasteiger partial charge on any atom is 0.265 e. The van der Waals surface area contributed by atoms with E-state index in [2.05, 4.69) is 15.3 Å². The van der Waals surface area contributed by atoms with Gasteiger partial charge in [0.05, 0.1) is 17.1 Å². The summed E-state index contributed by atoms with van der Waals surface area (Å²) in [6, 6.07) is 9.43. The van der Waals surface area contributed by atoms with Gasteiger partial charge in [-0.15, -0.1) is 11.3 Å². The van der Waals surface area contributed by atoms with Crippen LogP contribution >= 0.6 is 11.3 Å². The van der Waals surface area contributed by atoms with Gasteiger partial charge < -0.3 is 16.0 Å². The minimum Gasteiger partial charge on any atom is -0.364 e. The highest BCUT2D eigenvalue weighted by molar-refractivity contribution is 7.89. The quantitative estimate of drug-likeness (QED) is 0.533. The zero-order valence-electron chi connectivity index (χ0n) is 14.7. The van der Waals surface area contributed by atoms with Crippen molar-refractivity contribution in [3.63, 3.8) is 0 Å². The van der Waals surface area contributed by atoms with Crippen molar-refractivity contribution in [2.24, 2.45) is 5.73 Å². The molecular formula is C17H17N5O4S2. The average molecular weight is 419 g/mol. The van der Waals surface area contributed by atoms with Crippen molar-refractivity contribution in [1.82, 2.24) is 14.3 Å². The summed E-state index contributed by atoms with van der Waals surface area (Å²) in [5.74, 6) is -1.10. The first-order valence-corrected chi connectivity index (χ1v) is 10.3. The van der Waals surface area contributed by atoms with Crippen molar-refractivity contribution >= 4 is 38.3 Å². The van der Waals surface area contributed by atoms with Crippen LogP contribution in [0.5, 0.6) is 0 Å². The molecule has 0 spiro atoms. The number of sulfonamides is 1. The SMILES string of the molecule is CN(CC(=O)Nc1nc(-c2c[nH]c(C(N)=O)c2)cs1)S(=O)(=O)c1ccccc1. The van der Waals surface area contributed by atoms with Crippen molar-refractivity contribution < 1.29 is 18.0 Å². The lowest BCUT2D eigenvalue weighted by atomic mass is 10.2. The molecule has 0 bridgehead atoms. The molecule has 0 aliphatic heterocycles. The largest absolute Gasteiger partial charge is 0.364 e. The summed E-state index contributed by atoms with van der Waals surface area (Å²) in [4.78, 5) is 30.5. The third-order valence-electron chi connectivity index (χ3n) is 3.81. The molecular weight excluding hydrogens is 402 g/mol. The summed E-state index contributed by atoms with van der Waals surface area (Å²) in [5.41, 5.74) is 6.65. The number of nitrogens with zero attached hydrogens (tertiary/aromatic N) is 2. The van der Waals surface area contributed by atoms with Gasteiger partial charge in [-0.3, -0.25) is 9.59 Å². The minimum absolute atomic E-state index is 0.111. The van der Waals surface area contributed by atoms with Crippen molar-refractivity contribution in [2.75, 3.05) is 18.9 Å². The first-order chi connectivity index (χ1) is 13.3. The van der Waals surface area contributed by atoms with Crippen LogP contribution in [0.15, 0.2) is 52.9 Å². The highest BCUT2D eigenvalue weighted by Gasteiger charge is 2.23. The summed E-state index contributed by atoms with van der Waals surface area (Å²) in [7, 11) is -2.43. The second kappa shape index (κ2) is 7.92. The number of carbonyl (C=O) groups excluding carboxylic acids is 2. The summed E-state index contributed by atoms with van der Waals surface area (Å²) in [6.45, 7) is -0.359. The van der Waals surface area contributed by atoms with E-state index in [-0.39, 0.29) is 17.1 Å². The number of nitrogens with two attached hydrogens (primary N) is 1. The number of likely N-dealkylation sites (N-methyl/N-ethyl adjacent to an activating group) is 1. The maximum absolute atomic E-state index is 12.5. The minimum atomic E-state index is -3.76. The van der Waals surface area contributed by atoms with Crippen molar-refractivity contribution in [2.45, 2.75) is 4.90 Å². The van der Waals surface area contributed by atoms with Gasteiger partial charge in [-0.05, 0) is 18.2 Å². The number of primary amides is 1. The lowest BCUT2D eigenvalue weighted by Crippen LogP contribution is -2.34. The van der Waals surface area contributed by atoms with Crippen LogP contribution in [-0.4, -0.2) is 48.1 Å². The van der Waals surface area contributed by atoms with E-state index in [1.807, 2.05) is 0 Å². The number of aromatic amines is 1. The predicted molar refractivity (Wildman–Crippen MR) is 105 cm³/mol. The molecule has 3 aromatic rings. The van der Waals surface area contributed by atoms with Crippen LogP contribution in [0.1, 0.15) is 10.5 Å². The molecule has 1 aromatic carbocycles. The second-order valence-corrected chi connectivity index (χ2v) is 8.73. The Bertz CT molecular complexity index is 1110. The van der Waals surface area contributed by atoms with Gasteiger partial charge in [-0.2, -0.15) is 4.31 Å². The fourth-order valence-electron chi connectivity index (χ4n) is 2.37. The highest BCUT2D eigenvalue weighted by atomic mass is 32.2. The Morgan fingerprint density at radius 1 is 1.29 bits per heavy atom. The Balaban J connectivity index is 1.65. The summed E-state index contributed by atoms with van der Waals surface area (Å²) in [5, 5.41) is 4.59. The van der Waals surface area contributed by atoms with E-state index in [1.54, 1.807) is 35.8 Å². The molecule has 11 heteroatoms. The number of nitrogens with one attached hydrogen (secondary N) is 2. The van der Waals surface area contributed by atoms with Crippen molar-refractivity contribution in [3.8, 4) is 11.3 Å². The third-order valence-corrected chi connectivity index (χ3v) is 6.39. The van der Waals surface area contributed by atoms with E-state index >= 15 is 0 Å². The Kier molecular flexibility index (Phi) is 5.58. The zero-order valence-corrected chi connectivity index (χ0v) is 16.4. The zero-order chi connectivity index (χ0) is 20.3. The predicted octanol–water partition coefficient (Wildman–Crippen LogP) is 1.50. The fraction of sp³-hybridized carbons (Fsp3) is 0.118. The van der Waals surface area contributed by atoms with E-state index < -0.39 is 21.8 Å². The molecule has 3 rings (SSSR count). The van der Waals surface area contributed by atoms with Gasteiger partial charge in [-0.25, -0.2) is 13.4 Å². The van der Waals surface area contributed by atoms with Crippen molar-refractivity contribution in [3.05, 3.63) is 53.7 Å². The van der Waals surface area contributed by atoms with Crippen molar-refractivity contribution in [1.29, 1.82) is 0 Å². The first-order valence-electron chi connectivity index (χ1n) is 8.03. The van der Waals surface area contributed by atoms with Gasteiger partial charge in [-0.1, -0.05) is 18.2 Å². The number of aromatic nitrogens is 2. The number of rotatable bonds is 7. The van der Waals surface area contributed by atoms with Gasteiger partial charge in [0.2, 0.25) is 15.9 Å². The summed E-state index contributed by atoms with van der Waals surface area (Å²) < 4.78 is 25.9. The molecule has 0 atom stereocenters. The number of H-pyrrole nitrogens is 1. The standard InChI is InChI=1S/C17H17N5O4S2/c1-22(28(25,26)12-5-3-2-4-6-12)9-15(23)21-17-20-14(10-27-17)11-7-13(16(18)24)19-8-11/h2-8,10,19H,9H2,1H3,(H2,18,24)(H,20,21,23). The molecule has 146 valence electrons. The van der Waals surface area contributed by atoms with E-state index in [0.29, 0.717) is 16.4 Å². The molecule has 0 radical (unpaired) electrons. The van der Waals surface area contributed by atoms with Crippen LogP contribution in [0.25, 0.3) is 11.3 Å². The Labute approximate surface area is 165 Å². The van der Waals surface area contributed by atoms with Crippen LogP contribution in [0.3, 0.4) is 0 Å². The average Bonchev–Trinajstić information content (AvgIpc) is 3.31. The molecule has 0 aliphatic rings. The van der Waals surface area contributed by atoms with E-state index in [0.717, 1.165) is 4.31 Å². The number of amides is 2. The van der Waals surface area contributed by atoms with Gasteiger partial charge in [0.15, 0.2) is 5.13 Å². The molecule has 2 aromatic heterocycles. The smallest absolute Gasteiger partial charge is 0.265 e. The number of hydrogen-bond donors (Lipinski definition) is 3.